The average Bonchev–Trinajstić information content (AvgIpc) is 3.02. The molecule has 0 radical (unpaired) electrons. The van der Waals surface area contributed by atoms with Crippen LogP contribution in [0.15, 0.2) is 18.5 Å². The molecule has 0 aromatic carbocycles. The van der Waals surface area contributed by atoms with Gasteiger partial charge in [-0.15, -0.1) is 0 Å². The summed E-state index contributed by atoms with van der Waals surface area (Å²) in [5.74, 6) is 2.75. The molecule has 3 heterocycles. The molecule has 7 heteroatoms. The van der Waals surface area contributed by atoms with Crippen molar-refractivity contribution in [2.45, 2.75) is 26.9 Å². The van der Waals surface area contributed by atoms with Crippen molar-refractivity contribution in [3.05, 3.63) is 30.0 Å². The summed E-state index contributed by atoms with van der Waals surface area (Å²) < 4.78 is 7.55. The zero-order chi connectivity index (χ0) is 16.2. The SMILES string of the molecule is CCn1ccnc1CN(C)c1cc(C)nc(N2CCOCC2)n1. The van der Waals surface area contributed by atoms with E-state index >= 15 is 0 Å². The first-order valence-electron chi connectivity index (χ1n) is 8.07. The third-order valence-corrected chi connectivity index (χ3v) is 4.03. The molecule has 2 aromatic rings. The minimum absolute atomic E-state index is 0.722. The molecule has 0 amide bonds. The monoisotopic (exact) mass is 316 g/mol. The molecule has 1 saturated heterocycles. The fourth-order valence-corrected chi connectivity index (χ4v) is 2.71. The summed E-state index contributed by atoms with van der Waals surface area (Å²) in [4.78, 5) is 18.1. The molecule has 1 aliphatic heterocycles. The molecule has 7 nitrogen and oxygen atoms in total. The summed E-state index contributed by atoms with van der Waals surface area (Å²) in [6.07, 6.45) is 3.85. The number of nitrogens with zero attached hydrogens (tertiary/aromatic N) is 6. The Morgan fingerprint density at radius 3 is 2.78 bits per heavy atom. The normalized spacial score (nSPS) is 15.0. The van der Waals surface area contributed by atoms with E-state index < -0.39 is 0 Å². The van der Waals surface area contributed by atoms with Crippen LogP contribution in [0.1, 0.15) is 18.4 Å². The third kappa shape index (κ3) is 3.61. The lowest BCUT2D eigenvalue weighted by Crippen LogP contribution is -2.37. The predicted octanol–water partition coefficient (Wildman–Crippen LogP) is 1.47. The maximum atomic E-state index is 5.41. The second kappa shape index (κ2) is 6.95. The Kier molecular flexibility index (Phi) is 4.76. The lowest BCUT2D eigenvalue weighted by Gasteiger charge is -2.28. The Labute approximate surface area is 136 Å². The standard InChI is InChI=1S/C16H24N6O/c1-4-21-6-5-17-15(21)12-20(3)14-11-13(2)18-16(19-14)22-7-9-23-10-8-22/h5-6,11H,4,7-10,12H2,1-3H3. The van der Waals surface area contributed by atoms with Gasteiger partial charge in [0.05, 0.1) is 19.8 Å². The second-order valence-corrected chi connectivity index (χ2v) is 5.75. The summed E-state index contributed by atoms with van der Waals surface area (Å²) in [6, 6.07) is 2.02. The highest BCUT2D eigenvalue weighted by Crippen LogP contribution is 2.18. The number of aromatic nitrogens is 4. The molecule has 0 N–H and O–H groups in total. The third-order valence-electron chi connectivity index (χ3n) is 4.03. The molecule has 1 aliphatic rings. The van der Waals surface area contributed by atoms with Crippen LogP contribution < -0.4 is 9.80 Å². The quantitative estimate of drug-likeness (QED) is 0.832. The van der Waals surface area contributed by atoms with Crippen LogP contribution in [0.3, 0.4) is 0 Å². The lowest BCUT2D eigenvalue weighted by molar-refractivity contribution is 0.122. The molecule has 1 fully saturated rings. The van der Waals surface area contributed by atoms with Gasteiger partial charge in [-0.3, -0.25) is 0 Å². The fraction of sp³-hybridized carbons (Fsp3) is 0.562. The maximum Gasteiger partial charge on any atom is 0.227 e. The van der Waals surface area contributed by atoms with Gasteiger partial charge in [0.15, 0.2) is 0 Å². The average molecular weight is 316 g/mol. The molecule has 0 saturated carbocycles. The maximum absolute atomic E-state index is 5.41. The highest BCUT2D eigenvalue weighted by Gasteiger charge is 2.16. The molecule has 124 valence electrons. The summed E-state index contributed by atoms with van der Waals surface area (Å²) >= 11 is 0. The first-order chi connectivity index (χ1) is 11.2. The highest BCUT2D eigenvalue weighted by molar-refractivity contribution is 5.45. The predicted molar refractivity (Wildman–Crippen MR) is 89.8 cm³/mol. The lowest BCUT2D eigenvalue weighted by atomic mass is 10.3. The topological polar surface area (TPSA) is 59.3 Å². The molecule has 0 spiro atoms. The van der Waals surface area contributed by atoms with Crippen LogP contribution >= 0.6 is 0 Å². The van der Waals surface area contributed by atoms with E-state index in [9.17, 15) is 0 Å². The van der Waals surface area contributed by atoms with Gasteiger partial charge in [-0.05, 0) is 13.8 Å². The van der Waals surface area contributed by atoms with E-state index in [1.807, 2.05) is 32.4 Å². The van der Waals surface area contributed by atoms with E-state index in [0.29, 0.717) is 0 Å². The molecular formula is C16H24N6O. The Morgan fingerprint density at radius 1 is 1.26 bits per heavy atom. The largest absolute Gasteiger partial charge is 0.378 e. The van der Waals surface area contributed by atoms with Crippen molar-refractivity contribution in [2.24, 2.45) is 0 Å². The molecule has 2 aromatic heterocycles. The smallest absolute Gasteiger partial charge is 0.227 e. The van der Waals surface area contributed by atoms with Crippen LogP contribution in [-0.4, -0.2) is 52.9 Å². The van der Waals surface area contributed by atoms with Gasteiger partial charge in [-0.1, -0.05) is 0 Å². The summed E-state index contributed by atoms with van der Waals surface area (Å²) in [5.41, 5.74) is 0.974. The second-order valence-electron chi connectivity index (χ2n) is 5.75. The van der Waals surface area contributed by atoms with Gasteiger partial charge >= 0.3 is 0 Å². The van der Waals surface area contributed by atoms with Crippen molar-refractivity contribution in [2.75, 3.05) is 43.2 Å². The number of aryl methyl sites for hydroxylation is 2. The fourth-order valence-electron chi connectivity index (χ4n) is 2.71. The Bertz CT molecular complexity index is 650. The molecular weight excluding hydrogens is 292 g/mol. The van der Waals surface area contributed by atoms with Crippen molar-refractivity contribution >= 4 is 11.8 Å². The van der Waals surface area contributed by atoms with E-state index in [4.69, 9.17) is 9.72 Å². The number of imidazole rings is 1. The number of anilines is 2. The van der Waals surface area contributed by atoms with E-state index in [1.54, 1.807) is 0 Å². The number of morpholine rings is 1. The van der Waals surface area contributed by atoms with E-state index in [2.05, 4.69) is 31.3 Å². The van der Waals surface area contributed by atoms with Gasteiger partial charge in [0, 0.05) is 50.8 Å². The minimum Gasteiger partial charge on any atom is -0.378 e. The van der Waals surface area contributed by atoms with E-state index in [-0.39, 0.29) is 0 Å². The first kappa shape index (κ1) is 15.7. The van der Waals surface area contributed by atoms with Gasteiger partial charge < -0.3 is 19.1 Å². The Balaban J connectivity index is 1.79. The summed E-state index contributed by atoms with van der Waals surface area (Å²) in [5, 5.41) is 0. The van der Waals surface area contributed by atoms with Crippen LogP contribution in [0.2, 0.25) is 0 Å². The zero-order valence-electron chi connectivity index (χ0n) is 14.1. The van der Waals surface area contributed by atoms with Crippen molar-refractivity contribution in [1.29, 1.82) is 0 Å². The minimum atomic E-state index is 0.722. The number of ether oxygens (including phenoxy) is 1. The van der Waals surface area contributed by atoms with Crippen molar-refractivity contribution in [1.82, 2.24) is 19.5 Å². The van der Waals surface area contributed by atoms with Crippen LogP contribution in [0.5, 0.6) is 0 Å². The Hall–Kier alpha value is -2.15. The summed E-state index contributed by atoms with van der Waals surface area (Å²) in [7, 11) is 2.04. The van der Waals surface area contributed by atoms with E-state index in [1.165, 1.54) is 0 Å². The van der Waals surface area contributed by atoms with Crippen LogP contribution in [0, 0.1) is 6.92 Å². The molecule has 23 heavy (non-hydrogen) atoms. The molecule has 3 rings (SSSR count). The highest BCUT2D eigenvalue weighted by atomic mass is 16.5. The Morgan fingerprint density at radius 2 is 2.04 bits per heavy atom. The van der Waals surface area contributed by atoms with Gasteiger partial charge in [-0.2, -0.15) is 4.98 Å². The van der Waals surface area contributed by atoms with Crippen molar-refractivity contribution < 1.29 is 4.74 Å². The molecule has 0 bridgehead atoms. The van der Waals surface area contributed by atoms with Gasteiger partial charge in [-0.25, -0.2) is 9.97 Å². The van der Waals surface area contributed by atoms with E-state index in [0.717, 1.165) is 62.7 Å². The number of hydrogen-bond acceptors (Lipinski definition) is 6. The van der Waals surface area contributed by atoms with Crippen LogP contribution in [0.25, 0.3) is 0 Å². The summed E-state index contributed by atoms with van der Waals surface area (Å²) in [6.45, 7) is 8.92. The van der Waals surface area contributed by atoms with Crippen molar-refractivity contribution in [3.63, 3.8) is 0 Å². The first-order valence-corrected chi connectivity index (χ1v) is 8.07. The van der Waals surface area contributed by atoms with Crippen LogP contribution in [0.4, 0.5) is 11.8 Å². The van der Waals surface area contributed by atoms with Gasteiger partial charge in [0.1, 0.15) is 11.6 Å². The number of rotatable bonds is 5. The molecule has 0 atom stereocenters. The molecule has 0 unspecified atom stereocenters. The van der Waals surface area contributed by atoms with Gasteiger partial charge in [0.2, 0.25) is 5.95 Å². The van der Waals surface area contributed by atoms with Crippen molar-refractivity contribution in [3.8, 4) is 0 Å². The van der Waals surface area contributed by atoms with Gasteiger partial charge in [0.25, 0.3) is 0 Å². The molecule has 0 aliphatic carbocycles. The zero-order valence-corrected chi connectivity index (χ0v) is 14.1. The number of hydrogen-bond donors (Lipinski definition) is 0. The van der Waals surface area contributed by atoms with Crippen LogP contribution in [-0.2, 0) is 17.8 Å².